The van der Waals surface area contributed by atoms with E-state index in [1.165, 1.54) is 12.0 Å². The third-order valence-electron chi connectivity index (χ3n) is 2.52. The minimum atomic E-state index is -0.258. The first-order chi connectivity index (χ1) is 9.22. The summed E-state index contributed by atoms with van der Waals surface area (Å²) in [4.78, 5) is 16.9. The van der Waals surface area contributed by atoms with E-state index in [1.807, 2.05) is 17.1 Å². The summed E-state index contributed by atoms with van der Waals surface area (Å²) in [6.45, 7) is 2.14. The molecule has 0 spiro atoms. The Kier molecular flexibility index (Phi) is 4.99. The van der Waals surface area contributed by atoms with Crippen molar-refractivity contribution in [3.63, 3.8) is 0 Å². The Balaban J connectivity index is 2.11. The van der Waals surface area contributed by atoms with Crippen LogP contribution in [-0.2, 0) is 16.0 Å². The van der Waals surface area contributed by atoms with Crippen LogP contribution in [0.15, 0.2) is 34.5 Å². The molecule has 0 aliphatic rings. The lowest BCUT2D eigenvalue weighted by molar-refractivity contribution is -0.139. The van der Waals surface area contributed by atoms with Gasteiger partial charge < -0.3 is 4.74 Å². The molecule has 1 heterocycles. The number of rotatable bonds is 5. The number of benzene rings is 1. The SMILES string of the molecule is CCSc1ccc(-c2nc(CC(=O)OC)cs2)cc1. The molecule has 0 N–H and O–H groups in total. The van der Waals surface area contributed by atoms with Crippen LogP contribution in [0.2, 0.25) is 0 Å². The maximum Gasteiger partial charge on any atom is 0.311 e. The highest BCUT2D eigenvalue weighted by Gasteiger charge is 2.09. The fourth-order valence-electron chi connectivity index (χ4n) is 1.60. The van der Waals surface area contributed by atoms with Crippen molar-refractivity contribution in [1.29, 1.82) is 0 Å². The average Bonchev–Trinajstić information content (AvgIpc) is 2.88. The Bertz CT molecular complexity index is 549. The predicted molar refractivity (Wildman–Crippen MR) is 79.7 cm³/mol. The molecule has 2 rings (SSSR count). The van der Waals surface area contributed by atoms with Crippen LogP contribution < -0.4 is 0 Å². The fraction of sp³-hybridized carbons (Fsp3) is 0.286. The van der Waals surface area contributed by atoms with Gasteiger partial charge in [0.15, 0.2) is 0 Å². The standard InChI is InChI=1S/C14H15NO2S2/c1-3-18-12-6-4-10(5-7-12)14-15-11(9-19-14)8-13(16)17-2/h4-7,9H,3,8H2,1-2H3. The van der Waals surface area contributed by atoms with Gasteiger partial charge in [0.25, 0.3) is 0 Å². The summed E-state index contributed by atoms with van der Waals surface area (Å²) in [6, 6.07) is 8.34. The van der Waals surface area contributed by atoms with Crippen LogP contribution in [0.5, 0.6) is 0 Å². The second-order valence-corrected chi connectivity index (χ2v) is 6.05. The summed E-state index contributed by atoms with van der Waals surface area (Å²) in [6.07, 6.45) is 0.233. The lowest BCUT2D eigenvalue weighted by Crippen LogP contribution is -2.04. The van der Waals surface area contributed by atoms with Crippen LogP contribution in [-0.4, -0.2) is 23.8 Å². The molecule has 0 bridgehead atoms. The van der Waals surface area contributed by atoms with E-state index >= 15 is 0 Å². The van der Waals surface area contributed by atoms with Gasteiger partial charge in [0.2, 0.25) is 0 Å². The highest BCUT2D eigenvalue weighted by Crippen LogP contribution is 2.26. The van der Waals surface area contributed by atoms with E-state index in [2.05, 4.69) is 40.9 Å². The van der Waals surface area contributed by atoms with Crippen molar-refractivity contribution in [3.8, 4) is 10.6 Å². The first-order valence-electron chi connectivity index (χ1n) is 5.97. The van der Waals surface area contributed by atoms with Gasteiger partial charge in [-0.1, -0.05) is 19.1 Å². The number of thioether (sulfide) groups is 1. The molecule has 19 heavy (non-hydrogen) atoms. The Morgan fingerprint density at radius 2 is 2.11 bits per heavy atom. The van der Waals surface area contributed by atoms with Crippen LogP contribution in [0, 0.1) is 0 Å². The number of esters is 1. The highest BCUT2D eigenvalue weighted by molar-refractivity contribution is 7.99. The Labute approximate surface area is 121 Å². The smallest absolute Gasteiger partial charge is 0.311 e. The van der Waals surface area contributed by atoms with Crippen molar-refractivity contribution in [3.05, 3.63) is 35.3 Å². The van der Waals surface area contributed by atoms with Crippen LogP contribution in [0.1, 0.15) is 12.6 Å². The van der Waals surface area contributed by atoms with Gasteiger partial charge in [0.1, 0.15) is 5.01 Å². The molecule has 2 aromatic rings. The molecular formula is C14H15NO2S2. The molecule has 0 saturated heterocycles. The van der Waals surface area contributed by atoms with E-state index < -0.39 is 0 Å². The lowest BCUT2D eigenvalue weighted by atomic mass is 10.2. The topological polar surface area (TPSA) is 39.2 Å². The van der Waals surface area contributed by atoms with Crippen LogP contribution >= 0.6 is 23.1 Å². The van der Waals surface area contributed by atoms with Crippen molar-refractivity contribution in [2.75, 3.05) is 12.9 Å². The summed E-state index contributed by atoms with van der Waals surface area (Å²) in [5, 5.41) is 2.84. The number of thiazole rings is 1. The molecule has 100 valence electrons. The summed E-state index contributed by atoms with van der Waals surface area (Å²) >= 11 is 3.37. The zero-order valence-corrected chi connectivity index (χ0v) is 12.5. The van der Waals surface area contributed by atoms with E-state index in [0.717, 1.165) is 22.0 Å². The molecule has 1 aromatic carbocycles. The molecule has 0 aliphatic carbocycles. The van der Waals surface area contributed by atoms with Crippen molar-refractivity contribution in [2.45, 2.75) is 18.2 Å². The number of nitrogens with zero attached hydrogens (tertiary/aromatic N) is 1. The number of carbonyl (C=O) groups excluding carboxylic acids is 1. The van der Waals surface area contributed by atoms with Gasteiger partial charge in [-0.25, -0.2) is 4.98 Å². The number of hydrogen-bond acceptors (Lipinski definition) is 5. The number of carbonyl (C=O) groups is 1. The Morgan fingerprint density at radius 3 is 2.74 bits per heavy atom. The van der Waals surface area contributed by atoms with Crippen LogP contribution in [0.3, 0.4) is 0 Å². The summed E-state index contributed by atoms with van der Waals surface area (Å²) in [5.74, 6) is 0.811. The zero-order chi connectivity index (χ0) is 13.7. The van der Waals surface area contributed by atoms with Crippen molar-refractivity contribution in [1.82, 2.24) is 4.98 Å². The maximum absolute atomic E-state index is 11.2. The van der Waals surface area contributed by atoms with Gasteiger partial charge in [0, 0.05) is 15.8 Å². The maximum atomic E-state index is 11.2. The molecule has 0 radical (unpaired) electrons. The molecule has 1 aromatic heterocycles. The van der Waals surface area contributed by atoms with Crippen molar-refractivity contribution >= 4 is 29.1 Å². The first-order valence-corrected chi connectivity index (χ1v) is 7.84. The second kappa shape index (κ2) is 6.73. The molecule has 0 atom stereocenters. The number of aromatic nitrogens is 1. The van der Waals surface area contributed by atoms with Gasteiger partial charge in [-0.3, -0.25) is 4.79 Å². The molecule has 0 amide bonds. The molecule has 3 nitrogen and oxygen atoms in total. The summed E-state index contributed by atoms with van der Waals surface area (Å²) in [7, 11) is 1.39. The summed E-state index contributed by atoms with van der Waals surface area (Å²) in [5.41, 5.74) is 1.85. The normalized spacial score (nSPS) is 10.4. The summed E-state index contributed by atoms with van der Waals surface area (Å²) < 4.78 is 4.63. The van der Waals surface area contributed by atoms with E-state index in [9.17, 15) is 4.79 Å². The number of methoxy groups -OCH3 is 1. The number of hydrogen-bond donors (Lipinski definition) is 0. The molecule has 0 saturated carbocycles. The lowest BCUT2D eigenvalue weighted by Gasteiger charge is -2.00. The van der Waals surface area contributed by atoms with Gasteiger partial charge in [0.05, 0.1) is 19.2 Å². The first kappa shape index (κ1) is 14.1. The quantitative estimate of drug-likeness (QED) is 0.623. The molecule has 5 heteroatoms. The minimum absolute atomic E-state index is 0.233. The average molecular weight is 293 g/mol. The molecule has 0 aliphatic heterocycles. The van der Waals surface area contributed by atoms with Crippen LogP contribution in [0.25, 0.3) is 10.6 Å². The van der Waals surface area contributed by atoms with Crippen molar-refractivity contribution < 1.29 is 9.53 Å². The highest BCUT2D eigenvalue weighted by atomic mass is 32.2. The zero-order valence-electron chi connectivity index (χ0n) is 10.9. The van der Waals surface area contributed by atoms with E-state index in [0.29, 0.717) is 0 Å². The minimum Gasteiger partial charge on any atom is -0.469 e. The fourth-order valence-corrected chi connectivity index (χ4v) is 3.09. The van der Waals surface area contributed by atoms with E-state index in [-0.39, 0.29) is 12.4 Å². The van der Waals surface area contributed by atoms with Gasteiger partial charge >= 0.3 is 5.97 Å². The molecule has 0 fully saturated rings. The monoisotopic (exact) mass is 293 g/mol. The second-order valence-electron chi connectivity index (χ2n) is 3.85. The van der Waals surface area contributed by atoms with E-state index in [1.54, 1.807) is 11.3 Å². The van der Waals surface area contributed by atoms with Crippen molar-refractivity contribution in [2.24, 2.45) is 0 Å². The van der Waals surface area contributed by atoms with Gasteiger partial charge in [-0.05, 0) is 17.9 Å². The largest absolute Gasteiger partial charge is 0.469 e. The van der Waals surface area contributed by atoms with Gasteiger partial charge in [-0.2, -0.15) is 0 Å². The third kappa shape index (κ3) is 3.81. The predicted octanol–water partition coefficient (Wildman–Crippen LogP) is 3.64. The van der Waals surface area contributed by atoms with Gasteiger partial charge in [-0.15, -0.1) is 23.1 Å². The number of ether oxygens (including phenoxy) is 1. The Morgan fingerprint density at radius 1 is 1.37 bits per heavy atom. The third-order valence-corrected chi connectivity index (χ3v) is 4.35. The van der Waals surface area contributed by atoms with Crippen LogP contribution in [0.4, 0.5) is 0 Å². The molecular weight excluding hydrogens is 278 g/mol. The van der Waals surface area contributed by atoms with E-state index in [4.69, 9.17) is 0 Å². The molecule has 0 unspecified atom stereocenters. The Hall–Kier alpha value is -1.33.